The standard InChI is InChI=1S/C21H21N3O2S3/c1-26-18-8-6-15(7-9-18)13-27-20-22-23-21(29-20)28-14-19(25)24-11-10-16-4-2-3-5-17(16)12-24/h2-9H,10-14H2,1H3. The summed E-state index contributed by atoms with van der Waals surface area (Å²) in [5, 5.41) is 8.48. The second kappa shape index (κ2) is 9.65. The number of nitrogens with zero attached hydrogens (tertiary/aromatic N) is 3. The molecular formula is C21H21N3O2S3. The molecule has 8 heteroatoms. The summed E-state index contributed by atoms with van der Waals surface area (Å²) in [5.41, 5.74) is 3.82. The molecule has 150 valence electrons. The Balaban J connectivity index is 1.25. The Labute approximate surface area is 182 Å². The van der Waals surface area contributed by atoms with Crippen molar-refractivity contribution in [2.24, 2.45) is 0 Å². The summed E-state index contributed by atoms with van der Waals surface area (Å²) in [4.78, 5) is 14.5. The van der Waals surface area contributed by atoms with E-state index in [0.717, 1.165) is 33.1 Å². The zero-order chi connectivity index (χ0) is 20.1. The Bertz CT molecular complexity index is 975. The lowest BCUT2D eigenvalue weighted by Gasteiger charge is -2.28. The fourth-order valence-electron chi connectivity index (χ4n) is 3.10. The lowest BCUT2D eigenvalue weighted by molar-refractivity contribution is -0.129. The van der Waals surface area contributed by atoms with Crippen LogP contribution in [-0.4, -0.2) is 40.4 Å². The predicted molar refractivity (Wildman–Crippen MR) is 119 cm³/mol. The average molecular weight is 444 g/mol. The molecule has 29 heavy (non-hydrogen) atoms. The SMILES string of the molecule is COc1ccc(CSc2nnc(SCC(=O)N3CCc4ccccc4C3)s2)cc1. The van der Waals surface area contributed by atoms with Gasteiger partial charge >= 0.3 is 0 Å². The zero-order valence-electron chi connectivity index (χ0n) is 16.0. The summed E-state index contributed by atoms with van der Waals surface area (Å²) < 4.78 is 6.94. The molecule has 0 saturated carbocycles. The number of methoxy groups -OCH3 is 1. The third-order valence-electron chi connectivity index (χ3n) is 4.71. The molecule has 0 radical (unpaired) electrons. The van der Waals surface area contributed by atoms with Gasteiger partial charge in [-0.25, -0.2) is 0 Å². The van der Waals surface area contributed by atoms with Crippen LogP contribution in [-0.2, 0) is 23.5 Å². The van der Waals surface area contributed by atoms with Gasteiger partial charge in [0.2, 0.25) is 5.91 Å². The number of carbonyl (C=O) groups excluding carboxylic acids is 1. The highest BCUT2D eigenvalue weighted by Crippen LogP contribution is 2.31. The number of hydrogen-bond donors (Lipinski definition) is 0. The molecule has 0 bridgehead atoms. The van der Waals surface area contributed by atoms with Crippen LogP contribution in [0.25, 0.3) is 0 Å². The van der Waals surface area contributed by atoms with Gasteiger partial charge in [0, 0.05) is 18.8 Å². The Morgan fingerprint density at radius 3 is 2.55 bits per heavy atom. The van der Waals surface area contributed by atoms with E-state index in [1.54, 1.807) is 30.2 Å². The van der Waals surface area contributed by atoms with Crippen LogP contribution in [0.4, 0.5) is 0 Å². The van der Waals surface area contributed by atoms with Gasteiger partial charge in [-0.15, -0.1) is 10.2 Å². The highest BCUT2D eigenvalue weighted by atomic mass is 32.2. The molecule has 1 aliphatic rings. The maximum absolute atomic E-state index is 12.6. The van der Waals surface area contributed by atoms with Crippen LogP contribution >= 0.6 is 34.9 Å². The first-order valence-electron chi connectivity index (χ1n) is 9.28. The van der Waals surface area contributed by atoms with E-state index >= 15 is 0 Å². The fourth-order valence-corrected chi connectivity index (χ4v) is 5.98. The molecule has 1 amide bonds. The number of rotatable bonds is 7. The van der Waals surface area contributed by atoms with Gasteiger partial charge in [0.15, 0.2) is 8.68 Å². The predicted octanol–water partition coefficient (Wildman–Crippen LogP) is 4.52. The summed E-state index contributed by atoms with van der Waals surface area (Å²) in [6, 6.07) is 16.4. The largest absolute Gasteiger partial charge is 0.497 e. The van der Waals surface area contributed by atoms with Crippen LogP contribution in [0.1, 0.15) is 16.7 Å². The Kier molecular flexibility index (Phi) is 6.74. The lowest BCUT2D eigenvalue weighted by Crippen LogP contribution is -2.37. The van der Waals surface area contributed by atoms with E-state index in [-0.39, 0.29) is 5.91 Å². The van der Waals surface area contributed by atoms with E-state index in [2.05, 4.69) is 40.5 Å². The first kappa shape index (κ1) is 20.3. The van der Waals surface area contributed by atoms with Crippen molar-refractivity contribution in [3.8, 4) is 5.75 Å². The van der Waals surface area contributed by atoms with Crippen molar-refractivity contribution < 1.29 is 9.53 Å². The minimum Gasteiger partial charge on any atom is -0.497 e. The number of benzene rings is 2. The minimum atomic E-state index is 0.159. The van der Waals surface area contributed by atoms with Crippen LogP contribution < -0.4 is 4.74 Å². The summed E-state index contributed by atoms with van der Waals surface area (Å²) >= 11 is 4.68. The van der Waals surface area contributed by atoms with Crippen LogP contribution in [0.15, 0.2) is 57.2 Å². The summed E-state index contributed by atoms with van der Waals surface area (Å²) in [6.07, 6.45) is 0.928. The topological polar surface area (TPSA) is 55.3 Å². The van der Waals surface area contributed by atoms with Gasteiger partial charge in [0.1, 0.15) is 5.75 Å². The zero-order valence-corrected chi connectivity index (χ0v) is 18.5. The molecule has 0 N–H and O–H groups in total. The minimum absolute atomic E-state index is 0.159. The van der Waals surface area contributed by atoms with Crippen molar-refractivity contribution in [3.63, 3.8) is 0 Å². The molecule has 0 saturated heterocycles. The van der Waals surface area contributed by atoms with Gasteiger partial charge in [-0.1, -0.05) is 71.3 Å². The quantitative estimate of drug-likeness (QED) is 0.501. The lowest BCUT2D eigenvalue weighted by atomic mass is 10.00. The number of aromatic nitrogens is 2. The maximum atomic E-state index is 12.6. The van der Waals surface area contributed by atoms with E-state index in [9.17, 15) is 4.79 Å². The van der Waals surface area contributed by atoms with Gasteiger partial charge in [0.05, 0.1) is 12.9 Å². The van der Waals surface area contributed by atoms with Crippen molar-refractivity contribution in [1.82, 2.24) is 15.1 Å². The van der Waals surface area contributed by atoms with Gasteiger partial charge in [-0.2, -0.15) is 0 Å². The Morgan fingerprint density at radius 1 is 1.07 bits per heavy atom. The van der Waals surface area contributed by atoms with E-state index in [1.807, 2.05) is 23.1 Å². The van der Waals surface area contributed by atoms with Crippen LogP contribution in [0.5, 0.6) is 5.75 Å². The summed E-state index contributed by atoms with van der Waals surface area (Å²) in [6.45, 7) is 1.49. The highest BCUT2D eigenvalue weighted by molar-refractivity contribution is 8.03. The third-order valence-corrected chi connectivity index (χ3v) is 7.96. The van der Waals surface area contributed by atoms with Gasteiger partial charge in [0.25, 0.3) is 0 Å². The van der Waals surface area contributed by atoms with E-state index in [1.165, 1.54) is 28.5 Å². The molecule has 4 rings (SSSR count). The molecule has 0 fully saturated rings. The monoisotopic (exact) mass is 443 g/mol. The molecule has 2 heterocycles. The molecule has 1 aromatic heterocycles. The van der Waals surface area contributed by atoms with Gasteiger partial charge in [-0.3, -0.25) is 4.79 Å². The third kappa shape index (κ3) is 5.32. The normalized spacial score (nSPS) is 13.2. The van der Waals surface area contributed by atoms with Crippen LogP contribution in [0.2, 0.25) is 0 Å². The first-order chi connectivity index (χ1) is 14.2. The van der Waals surface area contributed by atoms with Crippen molar-refractivity contribution in [3.05, 3.63) is 65.2 Å². The van der Waals surface area contributed by atoms with E-state index in [0.29, 0.717) is 12.3 Å². The summed E-state index contributed by atoms with van der Waals surface area (Å²) in [7, 11) is 1.67. The molecule has 3 aromatic rings. The second-order valence-corrected chi connectivity index (χ2v) is 10.0. The number of ether oxygens (including phenoxy) is 1. The molecule has 0 unspecified atom stereocenters. The van der Waals surface area contributed by atoms with Crippen molar-refractivity contribution in [1.29, 1.82) is 0 Å². The number of amides is 1. The smallest absolute Gasteiger partial charge is 0.233 e. The Morgan fingerprint density at radius 2 is 1.79 bits per heavy atom. The van der Waals surface area contributed by atoms with Gasteiger partial charge in [-0.05, 0) is 35.2 Å². The molecule has 0 spiro atoms. The molecule has 0 aliphatic carbocycles. The number of carbonyl (C=O) groups is 1. The summed E-state index contributed by atoms with van der Waals surface area (Å²) in [5.74, 6) is 2.25. The molecule has 5 nitrogen and oxygen atoms in total. The number of hydrogen-bond acceptors (Lipinski definition) is 7. The van der Waals surface area contributed by atoms with Crippen molar-refractivity contribution >= 4 is 40.8 Å². The van der Waals surface area contributed by atoms with Crippen molar-refractivity contribution in [2.45, 2.75) is 27.4 Å². The maximum Gasteiger partial charge on any atom is 0.233 e. The highest BCUT2D eigenvalue weighted by Gasteiger charge is 2.20. The molecule has 2 aromatic carbocycles. The molecule has 1 aliphatic heterocycles. The van der Waals surface area contributed by atoms with Crippen LogP contribution in [0.3, 0.4) is 0 Å². The number of thioether (sulfide) groups is 2. The second-order valence-electron chi connectivity index (χ2n) is 6.59. The molecule has 0 atom stereocenters. The van der Waals surface area contributed by atoms with Gasteiger partial charge < -0.3 is 9.64 Å². The van der Waals surface area contributed by atoms with E-state index in [4.69, 9.17) is 4.74 Å². The fraction of sp³-hybridized carbons (Fsp3) is 0.286. The first-order valence-corrected chi connectivity index (χ1v) is 12.1. The molecular weight excluding hydrogens is 422 g/mol. The Hall–Kier alpha value is -2.03. The van der Waals surface area contributed by atoms with Crippen molar-refractivity contribution in [2.75, 3.05) is 19.4 Å². The average Bonchev–Trinajstić information content (AvgIpc) is 3.24. The van der Waals surface area contributed by atoms with E-state index < -0.39 is 0 Å². The number of fused-ring (bicyclic) bond motifs is 1. The van der Waals surface area contributed by atoms with Crippen LogP contribution in [0, 0.1) is 0 Å².